The van der Waals surface area contributed by atoms with Gasteiger partial charge in [-0.2, -0.15) is 0 Å². The highest BCUT2D eigenvalue weighted by Gasteiger charge is 2.40. The molecule has 0 saturated carbocycles. The van der Waals surface area contributed by atoms with Gasteiger partial charge in [0.15, 0.2) is 5.96 Å². The number of guanidine groups is 1. The van der Waals surface area contributed by atoms with Crippen molar-refractivity contribution in [3.05, 3.63) is 48.2 Å². The summed E-state index contributed by atoms with van der Waals surface area (Å²) < 4.78 is 0. The average Bonchev–Trinajstić information content (AvgIpc) is 2.91. The molecule has 30 heavy (non-hydrogen) atoms. The van der Waals surface area contributed by atoms with Gasteiger partial charge in [0.05, 0.1) is 0 Å². The molecule has 1 atom stereocenters. The molecule has 6 heteroatoms. The average molecular weight is 412 g/mol. The fourth-order valence-electron chi connectivity index (χ4n) is 4.62. The number of nitrogens with one attached hydrogen (secondary N) is 1. The lowest BCUT2D eigenvalue weighted by atomic mass is 9.88. The summed E-state index contributed by atoms with van der Waals surface area (Å²) in [5.41, 5.74) is 8.21. The standard InChI is InChI=1S/C24H37N5O/c1-18(2)16-24(4)19(3)29(22(25)27-24)17-21-11-14-28(15-12-21)23(30)26-13-10-20-8-6-5-7-9-20/h5-9,18,21H,3,10-17H2,1-2,4H3,(H2,25,27)(H,26,30). The summed E-state index contributed by atoms with van der Waals surface area (Å²) in [6, 6.07) is 10.3. The minimum atomic E-state index is -0.294. The lowest BCUT2D eigenvalue weighted by Gasteiger charge is -2.35. The van der Waals surface area contributed by atoms with Crippen LogP contribution in [-0.2, 0) is 6.42 Å². The van der Waals surface area contributed by atoms with Crippen LogP contribution in [0.5, 0.6) is 0 Å². The van der Waals surface area contributed by atoms with Crippen LogP contribution in [-0.4, -0.2) is 53.5 Å². The van der Waals surface area contributed by atoms with E-state index >= 15 is 0 Å². The molecule has 2 heterocycles. The van der Waals surface area contributed by atoms with Gasteiger partial charge >= 0.3 is 6.03 Å². The Hall–Kier alpha value is -2.50. The van der Waals surface area contributed by atoms with Gasteiger partial charge in [-0.1, -0.05) is 50.8 Å². The highest BCUT2D eigenvalue weighted by molar-refractivity contribution is 5.83. The zero-order valence-corrected chi connectivity index (χ0v) is 18.7. The first-order chi connectivity index (χ1) is 14.3. The number of piperidine rings is 1. The molecule has 0 aromatic heterocycles. The zero-order chi connectivity index (χ0) is 21.7. The second-order valence-corrected chi connectivity index (χ2v) is 9.30. The summed E-state index contributed by atoms with van der Waals surface area (Å²) in [6.45, 7) is 13.9. The molecule has 2 amide bonds. The van der Waals surface area contributed by atoms with Crippen molar-refractivity contribution in [3.8, 4) is 0 Å². The molecule has 1 aromatic rings. The van der Waals surface area contributed by atoms with Gasteiger partial charge in [-0.3, -0.25) is 0 Å². The number of nitrogens with zero attached hydrogens (tertiary/aromatic N) is 3. The molecule has 0 bridgehead atoms. The summed E-state index contributed by atoms with van der Waals surface area (Å²) >= 11 is 0. The minimum Gasteiger partial charge on any atom is -0.369 e. The zero-order valence-electron chi connectivity index (χ0n) is 18.7. The van der Waals surface area contributed by atoms with E-state index in [2.05, 4.69) is 49.7 Å². The van der Waals surface area contributed by atoms with E-state index in [1.165, 1.54) is 5.56 Å². The van der Waals surface area contributed by atoms with Gasteiger partial charge < -0.3 is 20.9 Å². The Bertz CT molecular complexity index is 767. The number of amides is 2. The number of carbonyl (C=O) groups excluding carboxylic acids is 1. The van der Waals surface area contributed by atoms with Crippen molar-refractivity contribution in [2.45, 2.75) is 52.0 Å². The highest BCUT2D eigenvalue weighted by Crippen LogP contribution is 2.36. The topological polar surface area (TPSA) is 74.0 Å². The van der Waals surface area contributed by atoms with Crippen molar-refractivity contribution in [1.82, 2.24) is 15.1 Å². The second kappa shape index (κ2) is 9.54. The van der Waals surface area contributed by atoms with Gasteiger partial charge in [0.25, 0.3) is 0 Å². The van der Waals surface area contributed by atoms with Gasteiger partial charge in [-0.05, 0) is 50.0 Å². The van der Waals surface area contributed by atoms with Crippen molar-refractivity contribution >= 4 is 12.0 Å². The summed E-state index contributed by atoms with van der Waals surface area (Å²) in [4.78, 5) is 21.3. The van der Waals surface area contributed by atoms with Crippen LogP contribution in [0.15, 0.2) is 47.6 Å². The van der Waals surface area contributed by atoms with Crippen molar-refractivity contribution in [2.24, 2.45) is 22.6 Å². The van der Waals surface area contributed by atoms with E-state index in [1.807, 2.05) is 23.1 Å². The van der Waals surface area contributed by atoms with Crippen molar-refractivity contribution < 1.29 is 4.79 Å². The largest absolute Gasteiger partial charge is 0.369 e. The van der Waals surface area contributed by atoms with Gasteiger partial charge in [0.2, 0.25) is 0 Å². The maximum Gasteiger partial charge on any atom is 0.317 e. The maximum atomic E-state index is 12.5. The number of hydrogen-bond acceptors (Lipinski definition) is 4. The van der Waals surface area contributed by atoms with E-state index < -0.39 is 0 Å². The van der Waals surface area contributed by atoms with Crippen molar-refractivity contribution in [2.75, 3.05) is 26.2 Å². The van der Waals surface area contributed by atoms with Crippen LogP contribution in [0, 0.1) is 11.8 Å². The van der Waals surface area contributed by atoms with E-state index in [9.17, 15) is 4.79 Å². The quantitative estimate of drug-likeness (QED) is 0.720. The first-order valence-electron chi connectivity index (χ1n) is 11.2. The molecule has 1 fully saturated rings. The Labute approximate surface area is 181 Å². The molecule has 0 aliphatic carbocycles. The molecule has 1 saturated heterocycles. The minimum absolute atomic E-state index is 0.0422. The number of nitrogens with two attached hydrogens (primary N) is 1. The SMILES string of the molecule is C=C1N(CC2CCN(C(=O)NCCc3ccccc3)CC2)C(N)=NC1(C)CC(C)C. The Balaban J connectivity index is 1.43. The summed E-state index contributed by atoms with van der Waals surface area (Å²) in [5, 5.41) is 3.06. The molecule has 3 rings (SSSR count). The van der Waals surface area contributed by atoms with Crippen molar-refractivity contribution in [3.63, 3.8) is 0 Å². The molecule has 6 nitrogen and oxygen atoms in total. The molecule has 164 valence electrons. The molecular formula is C24H37N5O. The summed E-state index contributed by atoms with van der Waals surface area (Å²) in [7, 11) is 0. The number of likely N-dealkylation sites (tertiary alicyclic amines) is 1. The molecule has 1 aromatic carbocycles. The smallest absolute Gasteiger partial charge is 0.317 e. The Kier molecular flexibility index (Phi) is 7.06. The van der Waals surface area contributed by atoms with Crippen molar-refractivity contribution in [1.29, 1.82) is 0 Å². The third-order valence-electron chi connectivity index (χ3n) is 6.27. The predicted octanol–water partition coefficient (Wildman–Crippen LogP) is 3.60. The first-order valence-corrected chi connectivity index (χ1v) is 11.2. The Morgan fingerprint density at radius 1 is 1.30 bits per heavy atom. The molecule has 2 aliphatic rings. The monoisotopic (exact) mass is 411 g/mol. The highest BCUT2D eigenvalue weighted by atomic mass is 16.2. The number of benzene rings is 1. The van der Waals surface area contributed by atoms with E-state index in [0.717, 1.165) is 51.0 Å². The normalized spacial score (nSPS) is 22.5. The van der Waals surface area contributed by atoms with Crippen LogP contribution in [0.3, 0.4) is 0 Å². The predicted molar refractivity (Wildman–Crippen MR) is 123 cm³/mol. The van der Waals surface area contributed by atoms with Gasteiger partial charge in [0.1, 0.15) is 5.54 Å². The number of urea groups is 1. The molecular weight excluding hydrogens is 374 g/mol. The summed E-state index contributed by atoms with van der Waals surface area (Å²) in [5.74, 6) is 1.61. The van der Waals surface area contributed by atoms with Crippen LogP contribution in [0.4, 0.5) is 4.79 Å². The lowest BCUT2D eigenvalue weighted by molar-refractivity contribution is 0.164. The first kappa shape index (κ1) is 22.2. The van der Waals surface area contributed by atoms with Crippen LogP contribution < -0.4 is 11.1 Å². The van der Waals surface area contributed by atoms with E-state index in [1.54, 1.807) is 0 Å². The Morgan fingerprint density at radius 3 is 2.60 bits per heavy atom. The van der Waals surface area contributed by atoms with E-state index in [4.69, 9.17) is 10.7 Å². The Morgan fingerprint density at radius 2 is 1.97 bits per heavy atom. The lowest BCUT2D eigenvalue weighted by Crippen LogP contribution is -2.47. The van der Waals surface area contributed by atoms with Crippen LogP contribution in [0.2, 0.25) is 0 Å². The maximum absolute atomic E-state index is 12.5. The van der Waals surface area contributed by atoms with Crippen LogP contribution in [0.1, 0.15) is 45.6 Å². The van der Waals surface area contributed by atoms with Crippen LogP contribution in [0.25, 0.3) is 0 Å². The number of aliphatic imine (C=N–C) groups is 1. The van der Waals surface area contributed by atoms with Gasteiger partial charge in [-0.25, -0.2) is 9.79 Å². The molecule has 0 spiro atoms. The molecule has 1 unspecified atom stereocenters. The fourth-order valence-corrected chi connectivity index (χ4v) is 4.62. The molecule has 2 aliphatic heterocycles. The van der Waals surface area contributed by atoms with E-state index in [-0.39, 0.29) is 11.6 Å². The summed E-state index contributed by atoms with van der Waals surface area (Å²) in [6.07, 6.45) is 3.76. The second-order valence-electron chi connectivity index (χ2n) is 9.30. The van der Waals surface area contributed by atoms with Gasteiger partial charge in [0, 0.05) is 31.9 Å². The molecule has 3 N–H and O–H groups in total. The van der Waals surface area contributed by atoms with Gasteiger partial charge in [-0.15, -0.1) is 0 Å². The van der Waals surface area contributed by atoms with E-state index in [0.29, 0.717) is 24.3 Å². The third-order valence-corrected chi connectivity index (χ3v) is 6.27. The fraction of sp³-hybridized carbons (Fsp3) is 0.583. The number of carbonyl (C=O) groups is 1. The third kappa shape index (κ3) is 5.35. The number of rotatable bonds is 7. The van der Waals surface area contributed by atoms with Crippen LogP contribution >= 0.6 is 0 Å². The number of hydrogen-bond donors (Lipinski definition) is 2. The molecule has 0 radical (unpaired) electrons.